The zero-order valence-electron chi connectivity index (χ0n) is 4.39. The Hall–Kier alpha value is -1.46. The van der Waals surface area contributed by atoms with Crippen molar-refractivity contribution in [1.82, 2.24) is 20.2 Å². The second-order valence-electron chi connectivity index (χ2n) is 1.38. The molecule has 48 valence electrons. The van der Waals surface area contributed by atoms with Crippen molar-refractivity contribution in [3.05, 3.63) is 6.33 Å². The largest absolute Gasteiger partial charge is 0.548 e. The fourth-order valence-corrected chi connectivity index (χ4v) is 0.385. The molecule has 0 spiro atoms. The minimum absolute atomic E-state index is 0.299. The Balaban J connectivity index is 2.58. The first-order valence-electron chi connectivity index (χ1n) is 2.19. The number of hydrogen-bond donors (Lipinski definition) is 0. The fraction of sp³-hybridized carbons (Fsp3) is 0.333. The predicted octanol–water partition coefficient (Wildman–Crippen LogP) is -2.58. The highest BCUT2D eigenvalue weighted by Crippen LogP contribution is 1.72. The van der Waals surface area contributed by atoms with Crippen LogP contribution in [0.1, 0.15) is 0 Å². The Morgan fingerprint density at radius 2 is 2.56 bits per heavy atom. The molecule has 6 nitrogen and oxygen atoms in total. The zero-order chi connectivity index (χ0) is 6.69. The van der Waals surface area contributed by atoms with Crippen molar-refractivity contribution in [3.8, 4) is 0 Å². The average molecular weight is 127 g/mol. The lowest BCUT2D eigenvalue weighted by atomic mass is 10.7. The molecular formula is C3H3N4O2-. The summed E-state index contributed by atoms with van der Waals surface area (Å²) in [6.45, 7) is -0.299. The molecule has 0 N–H and O–H groups in total. The van der Waals surface area contributed by atoms with Crippen LogP contribution in [-0.2, 0) is 11.3 Å². The maximum absolute atomic E-state index is 9.84. The summed E-state index contributed by atoms with van der Waals surface area (Å²) in [5.74, 6) is -1.21. The van der Waals surface area contributed by atoms with Crippen LogP contribution in [-0.4, -0.2) is 26.2 Å². The number of rotatable bonds is 2. The first-order chi connectivity index (χ1) is 4.29. The van der Waals surface area contributed by atoms with Gasteiger partial charge < -0.3 is 9.90 Å². The SMILES string of the molecule is O=C([O-])Cn1cnnn1. The number of aromatic nitrogens is 4. The van der Waals surface area contributed by atoms with Crippen molar-refractivity contribution in [1.29, 1.82) is 0 Å². The van der Waals surface area contributed by atoms with E-state index in [2.05, 4.69) is 15.5 Å². The Bertz CT molecular complexity index is 194. The van der Waals surface area contributed by atoms with Crippen molar-refractivity contribution >= 4 is 5.97 Å². The number of carbonyl (C=O) groups excluding carboxylic acids is 1. The second kappa shape index (κ2) is 2.21. The summed E-state index contributed by atoms with van der Waals surface area (Å²) >= 11 is 0. The molecule has 1 heterocycles. The average Bonchev–Trinajstić information content (AvgIpc) is 2.15. The van der Waals surface area contributed by atoms with Crippen LogP contribution >= 0.6 is 0 Å². The molecule has 0 bridgehead atoms. The number of carbonyl (C=O) groups is 1. The number of carboxylic acids is 1. The van der Waals surface area contributed by atoms with E-state index in [4.69, 9.17) is 0 Å². The van der Waals surface area contributed by atoms with Crippen LogP contribution in [0.3, 0.4) is 0 Å². The highest BCUT2D eigenvalue weighted by molar-refractivity contribution is 5.63. The van der Waals surface area contributed by atoms with Gasteiger partial charge in [-0.3, -0.25) is 0 Å². The van der Waals surface area contributed by atoms with Gasteiger partial charge in [0.25, 0.3) is 0 Å². The van der Waals surface area contributed by atoms with Gasteiger partial charge in [-0.25, -0.2) is 4.68 Å². The lowest BCUT2D eigenvalue weighted by Crippen LogP contribution is -2.27. The summed E-state index contributed by atoms with van der Waals surface area (Å²) in [5.41, 5.74) is 0. The van der Waals surface area contributed by atoms with E-state index in [0.717, 1.165) is 4.68 Å². The third kappa shape index (κ3) is 1.48. The van der Waals surface area contributed by atoms with Gasteiger partial charge in [0.2, 0.25) is 0 Å². The first kappa shape index (κ1) is 5.67. The van der Waals surface area contributed by atoms with E-state index in [0.29, 0.717) is 0 Å². The molecule has 1 rings (SSSR count). The predicted molar refractivity (Wildman–Crippen MR) is 22.8 cm³/mol. The molecule has 0 aliphatic rings. The molecule has 0 aromatic carbocycles. The van der Waals surface area contributed by atoms with Crippen molar-refractivity contribution in [2.45, 2.75) is 6.54 Å². The smallest absolute Gasteiger partial charge is 0.138 e. The number of tetrazole rings is 1. The van der Waals surface area contributed by atoms with Gasteiger partial charge in [-0.05, 0) is 10.4 Å². The summed E-state index contributed by atoms with van der Waals surface area (Å²) in [4.78, 5) is 9.84. The van der Waals surface area contributed by atoms with E-state index < -0.39 is 5.97 Å². The van der Waals surface area contributed by atoms with E-state index in [1.54, 1.807) is 0 Å². The quantitative estimate of drug-likeness (QED) is 0.435. The molecule has 9 heavy (non-hydrogen) atoms. The molecule has 1 aromatic rings. The number of hydrogen-bond acceptors (Lipinski definition) is 5. The Morgan fingerprint density at radius 1 is 1.78 bits per heavy atom. The molecule has 0 fully saturated rings. The highest BCUT2D eigenvalue weighted by atomic mass is 16.4. The third-order valence-electron chi connectivity index (χ3n) is 0.683. The van der Waals surface area contributed by atoms with E-state index >= 15 is 0 Å². The molecule has 6 heteroatoms. The normalized spacial score (nSPS) is 9.33. The van der Waals surface area contributed by atoms with Crippen LogP contribution in [0.15, 0.2) is 6.33 Å². The summed E-state index contributed by atoms with van der Waals surface area (Å²) in [6, 6.07) is 0. The summed E-state index contributed by atoms with van der Waals surface area (Å²) in [7, 11) is 0. The number of aliphatic carboxylic acids is 1. The molecule has 0 atom stereocenters. The van der Waals surface area contributed by atoms with Crippen LogP contribution in [0.25, 0.3) is 0 Å². The molecule has 1 aromatic heterocycles. The van der Waals surface area contributed by atoms with Gasteiger partial charge >= 0.3 is 0 Å². The molecule has 0 saturated carbocycles. The van der Waals surface area contributed by atoms with Crippen molar-refractivity contribution < 1.29 is 9.90 Å². The van der Waals surface area contributed by atoms with Crippen LogP contribution in [0.4, 0.5) is 0 Å². The summed E-state index contributed by atoms with van der Waals surface area (Å²) in [5, 5.41) is 19.6. The standard InChI is InChI=1S/C3H4N4O2/c8-3(9)1-7-2-4-5-6-7/h2H,1H2,(H,8,9)/p-1. The van der Waals surface area contributed by atoms with Gasteiger partial charge in [0, 0.05) is 0 Å². The minimum Gasteiger partial charge on any atom is -0.548 e. The summed E-state index contributed by atoms with van der Waals surface area (Å²) in [6.07, 6.45) is 1.20. The van der Waals surface area contributed by atoms with Gasteiger partial charge in [-0.1, -0.05) is 0 Å². The van der Waals surface area contributed by atoms with E-state index in [1.807, 2.05) is 0 Å². The van der Waals surface area contributed by atoms with Crippen LogP contribution in [0.2, 0.25) is 0 Å². The Morgan fingerprint density at radius 3 is 3.00 bits per heavy atom. The maximum atomic E-state index is 9.84. The van der Waals surface area contributed by atoms with Gasteiger partial charge in [0.15, 0.2) is 0 Å². The van der Waals surface area contributed by atoms with Crippen LogP contribution in [0, 0.1) is 0 Å². The maximum Gasteiger partial charge on any atom is 0.138 e. The van der Waals surface area contributed by atoms with Crippen molar-refractivity contribution in [2.24, 2.45) is 0 Å². The monoisotopic (exact) mass is 127 g/mol. The van der Waals surface area contributed by atoms with Crippen LogP contribution < -0.4 is 5.11 Å². The number of nitrogens with zero attached hydrogens (tertiary/aromatic N) is 4. The lowest BCUT2D eigenvalue weighted by Gasteiger charge is -1.96. The second-order valence-corrected chi connectivity index (χ2v) is 1.38. The van der Waals surface area contributed by atoms with Gasteiger partial charge in [0.1, 0.15) is 6.33 Å². The first-order valence-corrected chi connectivity index (χ1v) is 2.19. The zero-order valence-corrected chi connectivity index (χ0v) is 4.39. The molecule has 0 amide bonds. The Labute approximate surface area is 50.1 Å². The topological polar surface area (TPSA) is 83.7 Å². The van der Waals surface area contributed by atoms with E-state index in [1.165, 1.54) is 6.33 Å². The van der Waals surface area contributed by atoms with Crippen molar-refractivity contribution in [3.63, 3.8) is 0 Å². The van der Waals surface area contributed by atoms with Gasteiger partial charge in [0.05, 0.1) is 12.5 Å². The van der Waals surface area contributed by atoms with Crippen LogP contribution in [0.5, 0.6) is 0 Å². The Kier molecular flexibility index (Phi) is 1.39. The van der Waals surface area contributed by atoms with Gasteiger partial charge in [-0.15, -0.1) is 5.10 Å². The fourth-order valence-electron chi connectivity index (χ4n) is 0.385. The highest BCUT2D eigenvalue weighted by Gasteiger charge is 1.89. The van der Waals surface area contributed by atoms with E-state index in [9.17, 15) is 9.90 Å². The summed E-state index contributed by atoms with van der Waals surface area (Å²) < 4.78 is 1.06. The molecule has 0 aliphatic carbocycles. The molecule has 0 saturated heterocycles. The molecule has 0 unspecified atom stereocenters. The van der Waals surface area contributed by atoms with Gasteiger partial charge in [-0.2, -0.15) is 0 Å². The molecule has 0 aliphatic heterocycles. The lowest BCUT2D eigenvalue weighted by molar-refractivity contribution is -0.306. The minimum atomic E-state index is -1.21. The molecule has 0 radical (unpaired) electrons. The molecular weight excluding hydrogens is 124 g/mol. The van der Waals surface area contributed by atoms with E-state index in [-0.39, 0.29) is 6.54 Å². The van der Waals surface area contributed by atoms with Crippen molar-refractivity contribution in [2.75, 3.05) is 0 Å². The number of carboxylic acid groups (broad SMARTS) is 1. The third-order valence-corrected chi connectivity index (χ3v) is 0.683.